The van der Waals surface area contributed by atoms with Crippen LogP contribution in [-0.2, 0) is 23.5 Å². The van der Waals surface area contributed by atoms with Gasteiger partial charge >= 0.3 is 25.7 Å². The maximum atomic E-state index is 10.7. The Balaban J connectivity index is 5.17. The minimum Gasteiger partial charge on any atom is -0.481 e. The second-order valence-electron chi connectivity index (χ2n) is 3.53. The van der Waals surface area contributed by atoms with Crippen molar-refractivity contribution in [1.82, 2.24) is 0 Å². The van der Waals surface area contributed by atoms with Gasteiger partial charge in [-0.2, -0.15) is 0 Å². The van der Waals surface area contributed by atoms with Crippen molar-refractivity contribution in [2.24, 2.45) is 0 Å². The molecular weight excluding hydrogens is 291 g/mol. The Labute approximate surface area is 105 Å². The molecule has 0 heterocycles. The van der Waals surface area contributed by atoms with Gasteiger partial charge in [0.2, 0.25) is 0 Å². The summed E-state index contributed by atoms with van der Waals surface area (Å²) in [5, 5.41) is 35.2. The number of carbonyl (C=O) groups is 3. The summed E-state index contributed by atoms with van der Waals surface area (Å²) in [4.78, 5) is 48.6. The molecule has 0 saturated carbocycles. The molecule has 0 aromatic heterocycles. The number of aliphatic carboxylic acids is 3. The van der Waals surface area contributed by atoms with E-state index in [1.54, 1.807) is 0 Å². The van der Waals surface area contributed by atoms with Crippen molar-refractivity contribution in [1.29, 1.82) is 0 Å². The molecule has 0 spiro atoms. The van der Waals surface area contributed by atoms with Crippen LogP contribution in [0.3, 0.4) is 0 Å². The van der Waals surface area contributed by atoms with Crippen molar-refractivity contribution in [3.63, 3.8) is 0 Å². The van der Waals surface area contributed by atoms with Crippen LogP contribution < -0.4 is 0 Å². The van der Waals surface area contributed by atoms with Gasteiger partial charge in [-0.25, -0.2) is 14.2 Å². The summed E-state index contributed by atoms with van der Waals surface area (Å²) >= 11 is 0. The predicted octanol–water partition coefficient (Wildman–Crippen LogP) is -1.77. The zero-order valence-electron chi connectivity index (χ0n) is 9.16. The van der Waals surface area contributed by atoms with Crippen molar-refractivity contribution < 1.29 is 53.7 Å². The topological polar surface area (TPSA) is 199 Å². The first kappa shape index (κ1) is 17.5. The zero-order chi connectivity index (χ0) is 15.4. The molecule has 6 N–H and O–H groups in total. The van der Waals surface area contributed by atoms with Crippen LogP contribution in [-0.4, -0.2) is 59.8 Å². The Hall–Kier alpha value is -1.52. The van der Waals surface area contributed by atoms with Gasteiger partial charge in [0.1, 0.15) is 0 Å². The van der Waals surface area contributed by atoms with E-state index in [0.717, 1.165) is 0 Å². The molecule has 0 unspecified atom stereocenters. The molecule has 0 aromatic rings. The number of phosphoric ester groups is 1. The third-order valence-corrected chi connectivity index (χ3v) is 2.43. The van der Waals surface area contributed by atoms with E-state index in [1.807, 2.05) is 0 Å². The van der Waals surface area contributed by atoms with E-state index in [0.29, 0.717) is 0 Å². The molecule has 2 atom stereocenters. The largest absolute Gasteiger partial charge is 0.481 e. The molecule has 110 valence electrons. The zero-order valence-corrected chi connectivity index (χ0v) is 10.1. The molecule has 0 amide bonds. The van der Waals surface area contributed by atoms with Crippen LogP contribution >= 0.6 is 7.82 Å². The lowest BCUT2D eigenvalue weighted by Gasteiger charge is -2.24. The number of carboxylic acid groups (broad SMARTS) is 3. The summed E-state index contributed by atoms with van der Waals surface area (Å²) in [6.07, 6.45) is -5.10. The van der Waals surface area contributed by atoms with Crippen LogP contribution in [0.25, 0.3) is 0 Å². The van der Waals surface area contributed by atoms with Gasteiger partial charge in [-0.3, -0.25) is 9.32 Å². The molecule has 0 aliphatic carbocycles. The highest BCUT2D eigenvalue weighted by Crippen LogP contribution is 2.39. The summed E-state index contributed by atoms with van der Waals surface area (Å²) in [5.41, 5.74) is -3.04. The minimum absolute atomic E-state index is 1.35. The molecule has 0 aromatic carbocycles. The second kappa shape index (κ2) is 6.08. The lowest BCUT2D eigenvalue weighted by Crippen LogP contribution is -2.45. The van der Waals surface area contributed by atoms with Gasteiger partial charge < -0.3 is 30.2 Å². The highest BCUT2D eigenvalue weighted by Gasteiger charge is 2.44. The van der Waals surface area contributed by atoms with Crippen molar-refractivity contribution in [2.75, 3.05) is 0 Å². The first-order valence-corrected chi connectivity index (χ1v) is 6.05. The monoisotopic (exact) mass is 302 g/mol. The predicted molar refractivity (Wildman–Crippen MR) is 54.0 cm³/mol. The van der Waals surface area contributed by atoms with Crippen molar-refractivity contribution in [3.8, 4) is 0 Å². The van der Waals surface area contributed by atoms with E-state index in [1.165, 1.54) is 0 Å². The normalized spacial score (nSPS) is 16.4. The SMILES string of the molecule is O=C(O)C[C@](O)(C[C@@H](OP(=O)(O)O)C(=O)O)C(=O)O. The molecular formula is C7H11O11P. The lowest BCUT2D eigenvalue weighted by molar-refractivity contribution is -0.171. The van der Waals surface area contributed by atoms with Gasteiger partial charge in [-0.1, -0.05) is 0 Å². The van der Waals surface area contributed by atoms with Gasteiger partial charge in [0.05, 0.1) is 6.42 Å². The Morgan fingerprint density at radius 3 is 1.89 bits per heavy atom. The average molecular weight is 302 g/mol. The fourth-order valence-corrected chi connectivity index (χ4v) is 1.62. The Morgan fingerprint density at radius 2 is 1.63 bits per heavy atom. The van der Waals surface area contributed by atoms with Crippen molar-refractivity contribution in [2.45, 2.75) is 24.5 Å². The third-order valence-electron chi connectivity index (χ3n) is 1.90. The Kier molecular flexibility index (Phi) is 5.60. The summed E-state index contributed by atoms with van der Waals surface area (Å²) in [6.45, 7) is 0. The summed E-state index contributed by atoms with van der Waals surface area (Å²) in [5.74, 6) is -5.77. The minimum atomic E-state index is -5.26. The number of carboxylic acids is 3. The van der Waals surface area contributed by atoms with Crippen molar-refractivity contribution >= 4 is 25.7 Å². The number of hydrogen-bond donors (Lipinski definition) is 6. The first-order chi connectivity index (χ1) is 8.37. The molecule has 19 heavy (non-hydrogen) atoms. The molecule has 0 rings (SSSR count). The molecule has 0 fully saturated rings. The average Bonchev–Trinajstić information content (AvgIpc) is 2.12. The number of aliphatic hydroxyl groups is 1. The summed E-state index contributed by atoms with van der Waals surface area (Å²) < 4.78 is 14.3. The molecule has 0 saturated heterocycles. The first-order valence-electron chi connectivity index (χ1n) is 4.52. The van der Waals surface area contributed by atoms with Crippen LogP contribution in [0.15, 0.2) is 0 Å². The van der Waals surface area contributed by atoms with E-state index in [2.05, 4.69) is 4.52 Å². The van der Waals surface area contributed by atoms with Crippen LogP contribution in [0.5, 0.6) is 0 Å². The van der Waals surface area contributed by atoms with Crippen molar-refractivity contribution in [3.05, 3.63) is 0 Å². The lowest BCUT2D eigenvalue weighted by atomic mass is 9.92. The summed E-state index contributed by atoms with van der Waals surface area (Å²) in [7, 11) is -5.26. The third kappa shape index (κ3) is 6.27. The van der Waals surface area contributed by atoms with E-state index >= 15 is 0 Å². The van der Waals surface area contributed by atoms with Crippen LogP contribution in [0, 0.1) is 0 Å². The number of rotatable bonds is 8. The standard InChI is InChI=1S/C7H11O11P/c8-4(9)2-7(14,6(12)13)1-3(5(10)11)18-19(15,16)17/h3,14H,1-2H2,(H,8,9)(H,10,11)(H,12,13)(H2,15,16,17)/t3-,7-/m1/s1. The van der Waals surface area contributed by atoms with Gasteiger partial charge in [0.15, 0.2) is 11.7 Å². The molecule has 11 nitrogen and oxygen atoms in total. The highest BCUT2D eigenvalue weighted by atomic mass is 31.2. The maximum absolute atomic E-state index is 10.7. The number of hydrogen-bond acceptors (Lipinski definition) is 6. The Bertz CT molecular complexity index is 425. The maximum Gasteiger partial charge on any atom is 0.470 e. The fraction of sp³-hybridized carbons (Fsp3) is 0.571. The second-order valence-corrected chi connectivity index (χ2v) is 4.73. The molecule has 0 aliphatic rings. The quantitative estimate of drug-likeness (QED) is 0.277. The van der Waals surface area contributed by atoms with E-state index in [9.17, 15) is 24.1 Å². The van der Waals surface area contributed by atoms with Gasteiger partial charge in [-0.05, 0) is 0 Å². The van der Waals surface area contributed by atoms with E-state index in [-0.39, 0.29) is 0 Å². The molecule has 0 bridgehead atoms. The Morgan fingerprint density at radius 1 is 1.16 bits per heavy atom. The van der Waals surface area contributed by atoms with E-state index < -0.39 is 50.3 Å². The molecule has 0 aliphatic heterocycles. The summed E-state index contributed by atoms with van der Waals surface area (Å²) in [6, 6.07) is 0. The van der Waals surface area contributed by atoms with Gasteiger partial charge in [0.25, 0.3) is 0 Å². The number of phosphoric acid groups is 1. The van der Waals surface area contributed by atoms with Crippen LogP contribution in [0.2, 0.25) is 0 Å². The fourth-order valence-electron chi connectivity index (χ4n) is 1.13. The highest BCUT2D eigenvalue weighted by molar-refractivity contribution is 7.46. The molecule has 12 heteroatoms. The molecule has 0 radical (unpaired) electrons. The van der Waals surface area contributed by atoms with E-state index in [4.69, 9.17) is 25.1 Å². The van der Waals surface area contributed by atoms with Gasteiger partial charge in [-0.15, -0.1) is 0 Å². The van der Waals surface area contributed by atoms with Crippen LogP contribution in [0.1, 0.15) is 12.8 Å². The smallest absolute Gasteiger partial charge is 0.470 e. The van der Waals surface area contributed by atoms with Crippen LogP contribution in [0.4, 0.5) is 0 Å². The van der Waals surface area contributed by atoms with Gasteiger partial charge in [0, 0.05) is 6.42 Å².